The SMILES string of the molecule is COc1ccc(CNC(=O)Nc2ccc(CC(=O)NCc3cccs3)cc2)cc1. The predicted octanol–water partition coefficient (Wildman–Crippen LogP) is 3.94. The minimum absolute atomic E-state index is 0.0312. The van der Waals surface area contributed by atoms with E-state index in [0.717, 1.165) is 21.8 Å². The van der Waals surface area contributed by atoms with Crippen LogP contribution in [0.15, 0.2) is 66.0 Å². The third-order valence-corrected chi connectivity index (χ3v) is 5.10. The summed E-state index contributed by atoms with van der Waals surface area (Å²) in [6, 6.07) is 18.4. The van der Waals surface area contributed by atoms with Crippen molar-refractivity contribution in [1.82, 2.24) is 10.6 Å². The zero-order valence-corrected chi connectivity index (χ0v) is 16.9. The van der Waals surface area contributed by atoms with Gasteiger partial charge in [-0.15, -0.1) is 11.3 Å². The van der Waals surface area contributed by atoms with Crippen molar-refractivity contribution in [3.63, 3.8) is 0 Å². The highest BCUT2D eigenvalue weighted by Crippen LogP contribution is 2.12. The van der Waals surface area contributed by atoms with Crippen LogP contribution in [-0.4, -0.2) is 19.0 Å². The highest BCUT2D eigenvalue weighted by Gasteiger charge is 2.06. The van der Waals surface area contributed by atoms with E-state index in [1.54, 1.807) is 30.6 Å². The lowest BCUT2D eigenvalue weighted by molar-refractivity contribution is -0.120. The average molecular weight is 410 g/mol. The van der Waals surface area contributed by atoms with Crippen molar-refractivity contribution >= 4 is 29.0 Å². The van der Waals surface area contributed by atoms with Crippen LogP contribution < -0.4 is 20.7 Å². The van der Waals surface area contributed by atoms with Gasteiger partial charge in [-0.2, -0.15) is 0 Å². The minimum Gasteiger partial charge on any atom is -0.497 e. The summed E-state index contributed by atoms with van der Waals surface area (Å²) < 4.78 is 5.11. The molecule has 0 bridgehead atoms. The fraction of sp³-hybridized carbons (Fsp3) is 0.182. The van der Waals surface area contributed by atoms with E-state index in [9.17, 15) is 9.59 Å². The first-order valence-electron chi connectivity index (χ1n) is 9.18. The van der Waals surface area contributed by atoms with E-state index < -0.39 is 0 Å². The van der Waals surface area contributed by atoms with Crippen molar-refractivity contribution in [2.24, 2.45) is 0 Å². The van der Waals surface area contributed by atoms with Crippen LogP contribution >= 0.6 is 11.3 Å². The lowest BCUT2D eigenvalue weighted by atomic mass is 10.1. The summed E-state index contributed by atoms with van der Waals surface area (Å²) in [5.41, 5.74) is 2.53. The highest BCUT2D eigenvalue weighted by molar-refractivity contribution is 7.09. The Kier molecular flexibility index (Phi) is 7.24. The Balaban J connectivity index is 1.41. The number of urea groups is 1. The number of anilines is 1. The van der Waals surface area contributed by atoms with Gasteiger partial charge in [-0.05, 0) is 46.8 Å². The molecule has 1 aromatic heterocycles. The molecule has 3 amide bonds. The van der Waals surface area contributed by atoms with Gasteiger partial charge in [0.05, 0.1) is 20.1 Å². The van der Waals surface area contributed by atoms with Crippen LogP contribution in [0.2, 0.25) is 0 Å². The summed E-state index contributed by atoms with van der Waals surface area (Å²) in [4.78, 5) is 25.2. The van der Waals surface area contributed by atoms with Gasteiger partial charge in [0, 0.05) is 17.1 Å². The summed E-state index contributed by atoms with van der Waals surface area (Å²) in [6.07, 6.45) is 0.301. The molecule has 3 N–H and O–H groups in total. The van der Waals surface area contributed by atoms with Crippen molar-refractivity contribution in [1.29, 1.82) is 0 Å². The number of carbonyl (C=O) groups excluding carboxylic acids is 2. The number of nitrogens with one attached hydrogen (secondary N) is 3. The fourth-order valence-corrected chi connectivity index (χ4v) is 3.30. The first-order chi connectivity index (χ1) is 14.1. The molecule has 0 saturated heterocycles. The van der Waals surface area contributed by atoms with Crippen molar-refractivity contribution in [3.8, 4) is 5.75 Å². The first kappa shape index (κ1) is 20.4. The van der Waals surface area contributed by atoms with E-state index in [1.807, 2.05) is 53.9 Å². The van der Waals surface area contributed by atoms with E-state index in [2.05, 4.69) is 16.0 Å². The molecular weight excluding hydrogens is 386 g/mol. The maximum atomic E-state index is 12.1. The molecule has 7 heteroatoms. The van der Waals surface area contributed by atoms with Crippen LogP contribution in [0.25, 0.3) is 0 Å². The third-order valence-electron chi connectivity index (χ3n) is 4.23. The Morgan fingerprint density at radius 1 is 0.897 bits per heavy atom. The van der Waals surface area contributed by atoms with Gasteiger partial charge >= 0.3 is 6.03 Å². The Labute approximate surface area is 173 Å². The Morgan fingerprint density at radius 2 is 1.62 bits per heavy atom. The molecule has 3 aromatic rings. The monoisotopic (exact) mass is 409 g/mol. The van der Waals surface area contributed by atoms with E-state index >= 15 is 0 Å². The van der Waals surface area contributed by atoms with Crippen LogP contribution in [0, 0.1) is 0 Å². The number of hydrogen-bond donors (Lipinski definition) is 3. The van der Waals surface area contributed by atoms with E-state index in [4.69, 9.17) is 4.74 Å². The topological polar surface area (TPSA) is 79.5 Å². The van der Waals surface area contributed by atoms with Gasteiger partial charge in [-0.1, -0.05) is 30.3 Å². The van der Waals surface area contributed by atoms with Crippen molar-refractivity contribution in [3.05, 3.63) is 82.0 Å². The van der Waals surface area contributed by atoms with Crippen molar-refractivity contribution in [2.75, 3.05) is 12.4 Å². The van der Waals surface area contributed by atoms with Gasteiger partial charge in [0.2, 0.25) is 5.91 Å². The molecule has 2 aromatic carbocycles. The van der Waals surface area contributed by atoms with Crippen molar-refractivity contribution < 1.29 is 14.3 Å². The number of benzene rings is 2. The normalized spacial score (nSPS) is 10.2. The Morgan fingerprint density at radius 3 is 2.28 bits per heavy atom. The molecule has 0 aliphatic heterocycles. The number of rotatable bonds is 8. The molecule has 0 spiro atoms. The second-order valence-electron chi connectivity index (χ2n) is 6.39. The third kappa shape index (κ3) is 6.65. The smallest absolute Gasteiger partial charge is 0.319 e. The lowest BCUT2D eigenvalue weighted by Gasteiger charge is -2.09. The minimum atomic E-state index is -0.290. The number of carbonyl (C=O) groups is 2. The van der Waals surface area contributed by atoms with Crippen molar-refractivity contribution in [2.45, 2.75) is 19.5 Å². The summed E-state index contributed by atoms with van der Waals surface area (Å²) in [5.74, 6) is 0.745. The van der Waals surface area contributed by atoms with Gasteiger partial charge < -0.3 is 20.7 Å². The molecule has 0 fully saturated rings. The van der Waals surface area contributed by atoms with Crippen LogP contribution in [0.3, 0.4) is 0 Å². The maximum Gasteiger partial charge on any atom is 0.319 e. The van der Waals surface area contributed by atoms with Crippen LogP contribution in [0.5, 0.6) is 5.75 Å². The van der Waals surface area contributed by atoms with E-state index in [0.29, 0.717) is 25.2 Å². The molecule has 29 heavy (non-hydrogen) atoms. The van der Waals surface area contributed by atoms with Gasteiger partial charge in [0.25, 0.3) is 0 Å². The molecule has 0 aliphatic carbocycles. The molecule has 0 atom stereocenters. The maximum absolute atomic E-state index is 12.1. The summed E-state index contributed by atoms with van der Waals surface area (Å²) in [5, 5.41) is 10.5. The number of amides is 3. The predicted molar refractivity (Wildman–Crippen MR) is 115 cm³/mol. The molecule has 0 aliphatic rings. The largest absolute Gasteiger partial charge is 0.497 e. The molecule has 150 valence electrons. The summed E-state index contributed by atoms with van der Waals surface area (Å²) in [6.45, 7) is 0.961. The number of hydrogen-bond acceptors (Lipinski definition) is 4. The van der Waals surface area contributed by atoms with Crippen LogP contribution in [0.1, 0.15) is 16.0 Å². The van der Waals surface area contributed by atoms with E-state index in [1.165, 1.54) is 0 Å². The zero-order chi connectivity index (χ0) is 20.5. The average Bonchev–Trinajstić information content (AvgIpc) is 3.26. The second-order valence-corrected chi connectivity index (χ2v) is 7.42. The van der Waals surface area contributed by atoms with Gasteiger partial charge in [0.15, 0.2) is 0 Å². The molecule has 1 heterocycles. The number of ether oxygens (including phenoxy) is 1. The Hall–Kier alpha value is -3.32. The quantitative estimate of drug-likeness (QED) is 0.527. The second kappa shape index (κ2) is 10.3. The van der Waals surface area contributed by atoms with Crippen LogP contribution in [0.4, 0.5) is 10.5 Å². The number of methoxy groups -OCH3 is 1. The molecule has 3 rings (SSSR count). The standard InChI is InChI=1S/C22H23N3O3S/c1-28-19-10-6-17(7-11-19)14-24-22(27)25-18-8-4-16(5-9-18)13-21(26)23-15-20-3-2-12-29-20/h2-12H,13-15H2,1H3,(H,23,26)(H2,24,25,27). The molecule has 0 unspecified atom stereocenters. The molecule has 6 nitrogen and oxygen atoms in total. The molecule has 0 radical (unpaired) electrons. The van der Waals surface area contributed by atoms with Gasteiger partial charge in [0.1, 0.15) is 5.75 Å². The first-order valence-corrected chi connectivity index (χ1v) is 10.1. The zero-order valence-electron chi connectivity index (χ0n) is 16.1. The van der Waals surface area contributed by atoms with E-state index in [-0.39, 0.29) is 11.9 Å². The number of thiophene rings is 1. The van der Waals surface area contributed by atoms with Gasteiger partial charge in [-0.3, -0.25) is 4.79 Å². The van der Waals surface area contributed by atoms with Gasteiger partial charge in [-0.25, -0.2) is 4.79 Å². The lowest BCUT2D eigenvalue weighted by Crippen LogP contribution is -2.28. The van der Waals surface area contributed by atoms with Crippen LogP contribution in [-0.2, 0) is 24.3 Å². The molecular formula is C22H23N3O3S. The fourth-order valence-electron chi connectivity index (χ4n) is 2.65. The molecule has 0 saturated carbocycles. The summed E-state index contributed by atoms with van der Waals surface area (Å²) in [7, 11) is 1.61. The summed E-state index contributed by atoms with van der Waals surface area (Å²) >= 11 is 1.62. The highest BCUT2D eigenvalue weighted by atomic mass is 32.1. The Bertz CT molecular complexity index is 923.